The molecule has 140 valence electrons. The van der Waals surface area contributed by atoms with Gasteiger partial charge in [-0.05, 0) is 38.5 Å². The molecule has 1 aromatic rings. The monoisotopic (exact) mass is 467 g/mol. The maximum Gasteiger partial charge on any atom is 0.408 e. The highest BCUT2D eigenvalue weighted by atomic mass is 127. The van der Waals surface area contributed by atoms with Crippen molar-refractivity contribution in [2.75, 3.05) is 18.4 Å². The van der Waals surface area contributed by atoms with Crippen LogP contribution in [0, 0.1) is 0 Å². The Bertz CT molecular complexity index is 593. The zero-order valence-corrected chi connectivity index (χ0v) is 16.9. The van der Waals surface area contributed by atoms with Gasteiger partial charge in [-0.25, -0.2) is 14.0 Å². The normalized spacial score (nSPS) is 13.5. The van der Waals surface area contributed by atoms with Crippen molar-refractivity contribution in [1.29, 1.82) is 0 Å². The van der Waals surface area contributed by atoms with Gasteiger partial charge >= 0.3 is 12.1 Å². The number of rotatable bonds is 8. The van der Waals surface area contributed by atoms with Crippen molar-refractivity contribution in [1.82, 2.24) is 5.32 Å². The fourth-order valence-corrected chi connectivity index (χ4v) is 2.25. The Morgan fingerprint density at radius 2 is 1.80 bits per heavy atom. The smallest absolute Gasteiger partial charge is 0.408 e. The third kappa shape index (κ3) is 6.68. The van der Waals surface area contributed by atoms with E-state index in [1.54, 1.807) is 45.0 Å². The average Bonchev–Trinajstić information content (AvgIpc) is 2.55. The van der Waals surface area contributed by atoms with Gasteiger partial charge in [-0.1, -0.05) is 34.7 Å². The number of hydrogen-bond acceptors (Lipinski definition) is 5. The van der Waals surface area contributed by atoms with Crippen molar-refractivity contribution in [2.24, 2.45) is 0 Å². The summed E-state index contributed by atoms with van der Waals surface area (Å²) in [7, 11) is 1.25. The largest absolute Gasteiger partial charge is 0.467 e. The lowest BCUT2D eigenvalue weighted by Gasteiger charge is -2.30. The first kappa shape index (κ1) is 21.5. The lowest BCUT2D eigenvalue weighted by atomic mass is 9.93. The molecular formula is C17H23FINO5. The first-order valence-electron chi connectivity index (χ1n) is 7.59. The first-order chi connectivity index (χ1) is 11.7. The molecule has 0 radical (unpaired) electrons. The number of alkyl carbamates (subject to hydrolysis) is 1. The van der Waals surface area contributed by atoms with E-state index < -0.39 is 30.1 Å². The van der Waals surface area contributed by atoms with Crippen LogP contribution in [0.2, 0.25) is 0 Å². The maximum absolute atomic E-state index is 12.2. The number of halogens is 2. The van der Waals surface area contributed by atoms with E-state index in [0.717, 1.165) is 5.56 Å². The molecule has 0 aliphatic carbocycles. The van der Waals surface area contributed by atoms with Crippen LogP contribution in [0.5, 0.6) is 5.75 Å². The van der Waals surface area contributed by atoms with E-state index in [-0.39, 0.29) is 6.42 Å². The van der Waals surface area contributed by atoms with Crippen LogP contribution in [-0.2, 0) is 20.7 Å². The molecule has 0 aliphatic heterocycles. The zero-order chi connectivity index (χ0) is 19.1. The number of carbonyl (C=O) groups excluding carboxylic acids is 2. The summed E-state index contributed by atoms with van der Waals surface area (Å²) in [6.07, 6.45) is -0.526. The Hall–Kier alpha value is -1.58. The van der Waals surface area contributed by atoms with Crippen molar-refractivity contribution in [3.8, 4) is 5.75 Å². The Kier molecular flexibility index (Phi) is 7.91. The molecule has 6 nitrogen and oxygen atoms in total. The molecule has 0 unspecified atom stereocenters. The Balaban J connectivity index is 2.91. The van der Waals surface area contributed by atoms with Crippen molar-refractivity contribution in [3.63, 3.8) is 0 Å². The molecule has 8 heteroatoms. The van der Waals surface area contributed by atoms with Crippen LogP contribution in [0.4, 0.5) is 9.18 Å². The summed E-state index contributed by atoms with van der Waals surface area (Å²) < 4.78 is 27.7. The SMILES string of the molecule is COC(=O)[C@](C)(Cc1ccc(OCF)cc1)NC(=O)OC(C)(C)CI. The standard InChI is InChI=1S/C17H23FINO5/c1-16(2,10-19)25-15(22)20-17(3,14(21)23-4)9-12-5-7-13(8-6-12)24-11-18/h5-8H,9-11H2,1-4H3,(H,20,22)/t17-/m0/s1. The quantitative estimate of drug-likeness (QED) is 0.361. The molecular weight excluding hydrogens is 444 g/mol. The zero-order valence-electron chi connectivity index (χ0n) is 14.7. The van der Waals surface area contributed by atoms with Gasteiger partial charge in [0.1, 0.15) is 16.9 Å². The number of esters is 1. The summed E-state index contributed by atoms with van der Waals surface area (Å²) in [6.45, 7) is 4.19. The van der Waals surface area contributed by atoms with Gasteiger partial charge in [0.2, 0.25) is 6.86 Å². The highest BCUT2D eigenvalue weighted by molar-refractivity contribution is 14.1. The first-order valence-corrected chi connectivity index (χ1v) is 9.11. The molecule has 1 atom stereocenters. The minimum absolute atomic E-state index is 0.176. The van der Waals surface area contributed by atoms with Gasteiger partial charge in [0.05, 0.1) is 7.11 Å². The summed E-state index contributed by atoms with van der Waals surface area (Å²) in [6, 6.07) is 6.55. The molecule has 0 fully saturated rings. The second-order valence-corrected chi connectivity index (χ2v) is 7.07. The third-order valence-corrected chi connectivity index (χ3v) is 5.24. The third-order valence-electron chi connectivity index (χ3n) is 3.41. The predicted octanol–water partition coefficient (Wildman–Crippen LogP) is 3.41. The van der Waals surface area contributed by atoms with Crippen LogP contribution in [0.3, 0.4) is 0 Å². The van der Waals surface area contributed by atoms with Crippen LogP contribution in [0.15, 0.2) is 24.3 Å². The molecule has 0 aliphatic rings. The summed E-state index contributed by atoms with van der Waals surface area (Å²) in [4.78, 5) is 24.4. The van der Waals surface area contributed by atoms with Gasteiger partial charge in [-0.15, -0.1) is 0 Å². The molecule has 1 aromatic carbocycles. The van der Waals surface area contributed by atoms with Crippen molar-refractivity contribution < 1.29 is 28.2 Å². The summed E-state index contributed by atoms with van der Waals surface area (Å²) in [5.74, 6) is -0.219. The number of hydrogen-bond donors (Lipinski definition) is 1. The van der Waals surface area contributed by atoms with E-state index in [4.69, 9.17) is 14.2 Å². The number of benzene rings is 1. The van der Waals surface area contributed by atoms with Gasteiger partial charge < -0.3 is 19.5 Å². The second kappa shape index (κ2) is 9.21. The summed E-state index contributed by atoms with van der Waals surface area (Å²) in [5.41, 5.74) is -1.23. The molecule has 25 heavy (non-hydrogen) atoms. The minimum Gasteiger partial charge on any atom is -0.467 e. The van der Waals surface area contributed by atoms with Crippen molar-refractivity contribution in [3.05, 3.63) is 29.8 Å². The molecule has 0 saturated heterocycles. The molecule has 0 spiro atoms. The number of amides is 1. The van der Waals surface area contributed by atoms with Crippen molar-refractivity contribution >= 4 is 34.7 Å². The van der Waals surface area contributed by atoms with Crippen LogP contribution in [0.25, 0.3) is 0 Å². The van der Waals surface area contributed by atoms with E-state index in [9.17, 15) is 14.0 Å². The molecule has 0 aromatic heterocycles. The van der Waals surface area contributed by atoms with E-state index in [1.807, 2.05) is 0 Å². The van der Waals surface area contributed by atoms with Gasteiger partial charge in [0, 0.05) is 10.8 Å². The second-order valence-electron chi connectivity index (χ2n) is 6.31. The van der Waals surface area contributed by atoms with Gasteiger partial charge in [-0.3, -0.25) is 0 Å². The maximum atomic E-state index is 12.2. The van der Waals surface area contributed by atoms with E-state index >= 15 is 0 Å². The van der Waals surface area contributed by atoms with Crippen LogP contribution >= 0.6 is 22.6 Å². The molecule has 0 saturated carbocycles. The molecule has 0 bridgehead atoms. The predicted molar refractivity (Wildman–Crippen MR) is 99.8 cm³/mol. The number of ether oxygens (including phenoxy) is 3. The fourth-order valence-electron chi connectivity index (χ4n) is 2.10. The molecule has 1 N–H and O–H groups in total. The van der Waals surface area contributed by atoms with E-state index in [2.05, 4.69) is 27.9 Å². The van der Waals surface area contributed by atoms with Crippen LogP contribution in [-0.4, -0.2) is 41.6 Å². The lowest BCUT2D eigenvalue weighted by Crippen LogP contribution is -2.55. The number of methoxy groups -OCH3 is 1. The number of nitrogens with one attached hydrogen (secondary N) is 1. The minimum atomic E-state index is -1.31. The van der Waals surface area contributed by atoms with Gasteiger partial charge in [-0.2, -0.15) is 0 Å². The van der Waals surface area contributed by atoms with Crippen LogP contribution in [0.1, 0.15) is 26.3 Å². The topological polar surface area (TPSA) is 73.9 Å². The molecule has 1 rings (SSSR count). The highest BCUT2D eigenvalue weighted by Crippen LogP contribution is 2.20. The molecule has 1 amide bonds. The van der Waals surface area contributed by atoms with E-state index in [0.29, 0.717) is 10.2 Å². The van der Waals surface area contributed by atoms with Crippen LogP contribution < -0.4 is 10.1 Å². The highest BCUT2D eigenvalue weighted by Gasteiger charge is 2.38. The summed E-state index contributed by atoms with van der Waals surface area (Å²) >= 11 is 2.11. The lowest BCUT2D eigenvalue weighted by molar-refractivity contribution is -0.147. The Morgan fingerprint density at radius 1 is 1.20 bits per heavy atom. The average molecular weight is 467 g/mol. The van der Waals surface area contributed by atoms with Gasteiger partial charge in [0.15, 0.2) is 0 Å². The molecule has 0 heterocycles. The van der Waals surface area contributed by atoms with E-state index in [1.165, 1.54) is 7.11 Å². The number of alkyl halides is 2. The Labute approximate surface area is 160 Å². The van der Waals surface area contributed by atoms with Crippen molar-refractivity contribution in [2.45, 2.75) is 38.3 Å². The Morgan fingerprint density at radius 3 is 2.28 bits per heavy atom. The number of carbonyl (C=O) groups is 2. The fraction of sp³-hybridized carbons (Fsp3) is 0.529. The van der Waals surface area contributed by atoms with Gasteiger partial charge in [0.25, 0.3) is 0 Å². The summed E-state index contributed by atoms with van der Waals surface area (Å²) in [5, 5.41) is 2.59.